The summed E-state index contributed by atoms with van der Waals surface area (Å²) in [5, 5.41) is 10.7. The molecule has 0 aromatic rings. The van der Waals surface area contributed by atoms with Crippen LogP contribution in [0.15, 0.2) is 12.7 Å². The highest BCUT2D eigenvalue weighted by atomic mass is 32.2. The van der Waals surface area contributed by atoms with Crippen LogP contribution in [0.25, 0.3) is 0 Å². The van der Waals surface area contributed by atoms with Gasteiger partial charge in [0, 0.05) is 13.0 Å². The number of carboxylic acid groups (broad SMARTS) is 1. The van der Waals surface area contributed by atoms with Gasteiger partial charge in [0.1, 0.15) is 5.75 Å². The molecule has 0 atom stereocenters. The lowest BCUT2D eigenvalue weighted by atomic mass is 10.3. The second-order valence-electron chi connectivity index (χ2n) is 3.19. The molecular formula is C9H15NO5S. The standard InChI is InChI=1S/C9H15NO5S/c1-2-6-16(14,15)7-8(11)10-5-3-4-9(12)13/h2H,1,3-7H2,(H,10,11)(H,12,13). The Morgan fingerprint density at radius 2 is 2.00 bits per heavy atom. The summed E-state index contributed by atoms with van der Waals surface area (Å²) >= 11 is 0. The van der Waals surface area contributed by atoms with Crippen LogP contribution in [0.2, 0.25) is 0 Å². The number of carbonyl (C=O) groups excluding carboxylic acids is 1. The van der Waals surface area contributed by atoms with Crippen molar-refractivity contribution in [2.75, 3.05) is 18.1 Å². The van der Waals surface area contributed by atoms with Crippen molar-refractivity contribution >= 4 is 21.7 Å². The molecule has 0 heterocycles. The highest BCUT2D eigenvalue weighted by Gasteiger charge is 2.14. The van der Waals surface area contributed by atoms with Gasteiger partial charge >= 0.3 is 5.97 Å². The number of nitrogens with one attached hydrogen (secondary N) is 1. The van der Waals surface area contributed by atoms with Gasteiger partial charge in [-0.05, 0) is 6.42 Å². The first-order valence-electron chi connectivity index (χ1n) is 4.67. The van der Waals surface area contributed by atoms with Gasteiger partial charge in [0.05, 0.1) is 5.75 Å². The Bertz CT molecular complexity index is 360. The summed E-state index contributed by atoms with van der Waals surface area (Å²) < 4.78 is 22.3. The molecule has 0 fully saturated rings. The van der Waals surface area contributed by atoms with E-state index < -0.39 is 27.5 Å². The summed E-state index contributed by atoms with van der Waals surface area (Å²) in [5.41, 5.74) is 0. The summed E-state index contributed by atoms with van der Waals surface area (Å²) in [5.74, 6) is -2.40. The molecule has 0 spiro atoms. The highest BCUT2D eigenvalue weighted by molar-refractivity contribution is 7.92. The van der Waals surface area contributed by atoms with E-state index in [1.807, 2.05) is 0 Å². The summed E-state index contributed by atoms with van der Waals surface area (Å²) in [4.78, 5) is 21.2. The van der Waals surface area contributed by atoms with Crippen LogP contribution in [-0.4, -0.2) is 43.5 Å². The first-order chi connectivity index (χ1) is 7.37. The molecule has 7 heteroatoms. The fourth-order valence-corrected chi connectivity index (χ4v) is 1.94. The predicted molar refractivity (Wildman–Crippen MR) is 58.7 cm³/mol. The molecular weight excluding hydrogens is 234 g/mol. The molecule has 0 aromatic carbocycles. The van der Waals surface area contributed by atoms with Crippen LogP contribution in [0.3, 0.4) is 0 Å². The van der Waals surface area contributed by atoms with Gasteiger partial charge in [0.15, 0.2) is 9.84 Å². The van der Waals surface area contributed by atoms with E-state index in [9.17, 15) is 18.0 Å². The maximum Gasteiger partial charge on any atom is 0.303 e. The van der Waals surface area contributed by atoms with E-state index in [0.29, 0.717) is 0 Å². The second kappa shape index (κ2) is 7.00. The van der Waals surface area contributed by atoms with Crippen molar-refractivity contribution in [1.29, 1.82) is 0 Å². The number of carbonyl (C=O) groups is 2. The van der Waals surface area contributed by atoms with Crippen LogP contribution in [0.5, 0.6) is 0 Å². The molecule has 16 heavy (non-hydrogen) atoms. The molecule has 0 saturated heterocycles. The first kappa shape index (κ1) is 14.6. The SMILES string of the molecule is C=CCS(=O)(=O)CC(=O)NCCCC(=O)O. The Labute approximate surface area is 94.3 Å². The van der Waals surface area contributed by atoms with Crippen LogP contribution >= 0.6 is 0 Å². The van der Waals surface area contributed by atoms with Gasteiger partial charge in [-0.3, -0.25) is 9.59 Å². The van der Waals surface area contributed by atoms with Crippen LogP contribution in [0.1, 0.15) is 12.8 Å². The van der Waals surface area contributed by atoms with Gasteiger partial charge < -0.3 is 10.4 Å². The van der Waals surface area contributed by atoms with Crippen molar-refractivity contribution in [2.45, 2.75) is 12.8 Å². The molecule has 0 rings (SSSR count). The minimum absolute atomic E-state index is 0.0559. The molecule has 2 N–H and O–H groups in total. The monoisotopic (exact) mass is 249 g/mol. The number of aliphatic carboxylic acids is 1. The molecule has 0 bridgehead atoms. The summed E-state index contributed by atoms with van der Waals surface area (Å²) in [6, 6.07) is 0. The first-order valence-corrected chi connectivity index (χ1v) is 6.49. The second-order valence-corrected chi connectivity index (χ2v) is 5.30. The third-order valence-corrected chi connectivity index (χ3v) is 3.06. The summed E-state index contributed by atoms with van der Waals surface area (Å²) in [7, 11) is -3.43. The molecule has 0 saturated carbocycles. The predicted octanol–water partition coefficient (Wildman–Crippen LogP) is -0.432. The van der Waals surface area contributed by atoms with Crippen LogP contribution < -0.4 is 5.32 Å². The van der Waals surface area contributed by atoms with Gasteiger partial charge in [0.2, 0.25) is 5.91 Å². The maximum absolute atomic E-state index is 11.2. The van der Waals surface area contributed by atoms with E-state index in [1.54, 1.807) is 0 Å². The van der Waals surface area contributed by atoms with Gasteiger partial charge in [-0.2, -0.15) is 0 Å². The number of amides is 1. The van der Waals surface area contributed by atoms with Crippen LogP contribution in [0, 0.1) is 0 Å². The van der Waals surface area contributed by atoms with E-state index >= 15 is 0 Å². The lowest BCUT2D eigenvalue weighted by Gasteiger charge is -2.03. The van der Waals surface area contributed by atoms with Gasteiger partial charge in [0.25, 0.3) is 0 Å². The van der Waals surface area contributed by atoms with Crippen molar-refractivity contribution in [3.8, 4) is 0 Å². The van der Waals surface area contributed by atoms with E-state index in [0.717, 1.165) is 0 Å². The molecule has 0 aliphatic carbocycles. The molecule has 0 aromatic heterocycles. The Hall–Kier alpha value is -1.37. The molecule has 0 aliphatic rings. The van der Waals surface area contributed by atoms with Crippen molar-refractivity contribution in [3.05, 3.63) is 12.7 Å². The van der Waals surface area contributed by atoms with E-state index in [-0.39, 0.29) is 25.1 Å². The quantitative estimate of drug-likeness (QED) is 0.449. The molecule has 6 nitrogen and oxygen atoms in total. The Morgan fingerprint density at radius 3 is 2.50 bits per heavy atom. The largest absolute Gasteiger partial charge is 0.481 e. The summed E-state index contributed by atoms with van der Waals surface area (Å²) in [6.45, 7) is 3.43. The fourth-order valence-electron chi connectivity index (χ4n) is 0.957. The van der Waals surface area contributed by atoms with Gasteiger partial charge in [-0.1, -0.05) is 6.08 Å². The molecule has 1 amide bonds. The molecule has 92 valence electrons. The third kappa shape index (κ3) is 7.98. The number of hydrogen-bond donors (Lipinski definition) is 2. The Morgan fingerprint density at radius 1 is 1.38 bits per heavy atom. The zero-order valence-electron chi connectivity index (χ0n) is 8.81. The molecule has 0 radical (unpaired) electrons. The lowest BCUT2D eigenvalue weighted by Crippen LogP contribution is -2.31. The van der Waals surface area contributed by atoms with Crippen molar-refractivity contribution in [1.82, 2.24) is 5.32 Å². The zero-order chi connectivity index (χ0) is 12.6. The van der Waals surface area contributed by atoms with E-state index in [4.69, 9.17) is 5.11 Å². The highest BCUT2D eigenvalue weighted by Crippen LogP contribution is 1.91. The number of rotatable bonds is 8. The van der Waals surface area contributed by atoms with Crippen molar-refractivity contribution in [3.63, 3.8) is 0 Å². The topological polar surface area (TPSA) is 101 Å². The Balaban J connectivity index is 3.83. The third-order valence-electron chi connectivity index (χ3n) is 1.61. The Kier molecular flexibility index (Phi) is 6.40. The number of hydrogen-bond acceptors (Lipinski definition) is 4. The van der Waals surface area contributed by atoms with Crippen molar-refractivity contribution < 1.29 is 23.1 Å². The van der Waals surface area contributed by atoms with Crippen LogP contribution in [0.4, 0.5) is 0 Å². The van der Waals surface area contributed by atoms with E-state index in [1.165, 1.54) is 6.08 Å². The van der Waals surface area contributed by atoms with Crippen LogP contribution in [-0.2, 0) is 19.4 Å². The van der Waals surface area contributed by atoms with Crippen molar-refractivity contribution in [2.24, 2.45) is 0 Å². The minimum atomic E-state index is -3.43. The van der Waals surface area contributed by atoms with Gasteiger partial charge in [-0.25, -0.2) is 8.42 Å². The maximum atomic E-state index is 11.2. The van der Waals surface area contributed by atoms with E-state index in [2.05, 4.69) is 11.9 Å². The average Bonchev–Trinajstić information content (AvgIpc) is 2.11. The number of sulfone groups is 1. The molecule has 0 aliphatic heterocycles. The number of carboxylic acids is 1. The fraction of sp³-hybridized carbons (Fsp3) is 0.556. The zero-order valence-corrected chi connectivity index (χ0v) is 9.62. The average molecular weight is 249 g/mol. The van der Waals surface area contributed by atoms with Gasteiger partial charge in [-0.15, -0.1) is 6.58 Å². The summed E-state index contributed by atoms with van der Waals surface area (Å²) in [6.07, 6.45) is 1.44. The molecule has 0 unspecified atom stereocenters. The normalized spacial score (nSPS) is 10.8. The lowest BCUT2D eigenvalue weighted by molar-refractivity contribution is -0.137. The smallest absolute Gasteiger partial charge is 0.303 e. The minimum Gasteiger partial charge on any atom is -0.481 e.